The van der Waals surface area contributed by atoms with Crippen molar-refractivity contribution in [3.8, 4) is 0 Å². The Bertz CT molecular complexity index is 122. The van der Waals surface area contributed by atoms with Crippen molar-refractivity contribution in [1.29, 1.82) is 0 Å². The SMILES string of the molecule is NC(=O)OCCC=CCO. The standard InChI is InChI=1S/C6H11NO3/c7-6(9)10-5-3-1-2-4-8/h1-2,8H,3-5H2,(H2,7,9). The molecular weight excluding hydrogens is 134 g/mol. The van der Waals surface area contributed by atoms with Gasteiger partial charge in [0.05, 0.1) is 13.2 Å². The summed E-state index contributed by atoms with van der Waals surface area (Å²) in [6, 6.07) is 0. The average molecular weight is 145 g/mol. The van der Waals surface area contributed by atoms with Crippen molar-refractivity contribution in [3.05, 3.63) is 12.2 Å². The van der Waals surface area contributed by atoms with E-state index in [0.29, 0.717) is 6.42 Å². The number of primary amides is 1. The number of amides is 1. The van der Waals surface area contributed by atoms with Crippen molar-refractivity contribution < 1.29 is 14.6 Å². The van der Waals surface area contributed by atoms with Gasteiger partial charge in [-0.1, -0.05) is 12.2 Å². The molecule has 0 rings (SSSR count). The Morgan fingerprint density at radius 1 is 1.60 bits per heavy atom. The first kappa shape index (κ1) is 8.97. The summed E-state index contributed by atoms with van der Waals surface area (Å²) in [7, 11) is 0. The minimum atomic E-state index is -0.766. The van der Waals surface area contributed by atoms with Gasteiger partial charge in [-0.15, -0.1) is 0 Å². The lowest BCUT2D eigenvalue weighted by molar-refractivity contribution is 0.159. The monoisotopic (exact) mass is 145 g/mol. The third-order valence-electron chi connectivity index (χ3n) is 0.801. The van der Waals surface area contributed by atoms with Gasteiger partial charge in [0, 0.05) is 0 Å². The van der Waals surface area contributed by atoms with Crippen LogP contribution in [0.2, 0.25) is 0 Å². The van der Waals surface area contributed by atoms with Gasteiger partial charge in [0.2, 0.25) is 0 Å². The van der Waals surface area contributed by atoms with Crippen molar-refractivity contribution in [2.75, 3.05) is 13.2 Å². The lowest BCUT2D eigenvalue weighted by Gasteiger charge is -1.95. The van der Waals surface area contributed by atoms with Crippen LogP contribution >= 0.6 is 0 Å². The van der Waals surface area contributed by atoms with Gasteiger partial charge < -0.3 is 15.6 Å². The van der Waals surface area contributed by atoms with E-state index in [9.17, 15) is 4.79 Å². The van der Waals surface area contributed by atoms with Gasteiger partial charge in [-0.2, -0.15) is 0 Å². The van der Waals surface area contributed by atoms with Crippen molar-refractivity contribution >= 4 is 6.09 Å². The molecule has 0 aromatic carbocycles. The van der Waals surface area contributed by atoms with Crippen LogP contribution in [0.1, 0.15) is 6.42 Å². The number of nitrogens with two attached hydrogens (primary N) is 1. The molecule has 0 aliphatic heterocycles. The molecule has 10 heavy (non-hydrogen) atoms. The second-order valence-electron chi connectivity index (χ2n) is 1.61. The number of carbonyl (C=O) groups excluding carboxylic acids is 1. The molecule has 4 heteroatoms. The van der Waals surface area contributed by atoms with Crippen LogP contribution in [0.25, 0.3) is 0 Å². The maximum Gasteiger partial charge on any atom is 0.404 e. The van der Waals surface area contributed by atoms with Gasteiger partial charge in [-0.05, 0) is 6.42 Å². The van der Waals surface area contributed by atoms with E-state index in [4.69, 9.17) is 5.11 Å². The van der Waals surface area contributed by atoms with Gasteiger partial charge >= 0.3 is 6.09 Å². The molecule has 3 N–H and O–H groups in total. The van der Waals surface area contributed by atoms with Gasteiger partial charge in [0.1, 0.15) is 0 Å². The van der Waals surface area contributed by atoms with Crippen LogP contribution in [0.4, 0.5) is 4.79 Å². The van der Waals surface area contributed by atoms with Gasteiger partial charge in [0.15, 0.2) is 0 Å². The highest BCUT2D eigenvalue weighted by atomic mass is 16.5. The minimum Gasteiger partial charge on any atom is -0.449 e. The van der Waals surface area contributed by atoms with E-state index < -0.39 is 6.09 Å². The predicted octanol–water partition coefficient (Wildman–Crippen LogP) is 0.0203. The van der Waals surface area contributed by atoms with Crippen LogP contribution in [0, 0.1) is 0 Å². The molecule has 4 nitrogen and oxygen atoms in total. The lowest BCUT2D eigenvalue weighted by atomic mass is 10.4. The highest BCUT2D eigenvalue weighted by Gasteiger charge is 1.88. The maximum atomic E-state index is 9.96. The molecule has 0 aliphatic carbocycles. The Morgan fingerprint density at radius 2 is 2.30 bits per heavy atom. The Kier molecular flexibility index (Phi) is 5.47. The van der Waals surface area contributed by atoms with Crippen molar-refractivity contribution in [2.45, 2.75) is 6.42 Å². The number of carbonyl (C=O) groups is 1. The van der Waals surface area contributed by atoms with Crippen LogP contribution < -0.4 is 5.73 Å². The first-order chi connectivity index (χ1) is 4.77. The number of ether oxygens (including phenoxy) is 1. The van der Waals surface area contributed by atoms with Gasteiger partial charge in [-0.3, -0.25) is 0 Å². The highest BCUT2D eigenvalue weighted by molar-refractivity contribution is 5.64. The van der Waals surface area contributed by atoms with E-state index in [1.54, 1.807) is 12.2 Å². The van der Waals surface area contributed by atoms with Crippen molar-refractivity contribution in [3.63, 3.8) is 0 Å². The maximum absolute atomic E-state index is 9.96. The van der Waals surface area contributed by atoms with Crippen LogP contribution in [0.15, 0.2) is 12.2 Å². The zero-order chi connectivity index (χ0) is 7.82. The first-order valence-electron chi connectivity index (χ1n) is 2.95. The Balaban J connectivity index is 3.05. The third-order valence-corrected chi connectivity index (χ3v) is 0.801. The minimum absolute atomic E-state index is 0.0105. The summed E-state index contributed by atoms with van der Waals surface area (Å²) in [5.74, 6) is 0. The van der Waals surface area contributed by atoms with E-state index in [0.717, 1.165) is 0 Å². The number of aliphatic hydroxyl groups is 1. The molecule has 0 saturated carbocycles. The van der Waals surface area contributed by atoms with E-state index in [2.05, 4.69) is 10.5 Å². The van der Waals surface area contributed by atoms with E-state index in [-0.39, 0.29) is 13.2 Å². The number of aliphatic hydroxyl groups excluding tert-OH is 1. The summed E-state index contributed by atoms with van der Waals surface area (Å²) < 4.78 is 4.39. The van der Waals surface area contributed by atoms with Gasteiger partial charge in [0.25, 0.3) is 0 Å². The molecule has 0 aliphatic rings. The molecule has 1 amide bonds. The number of rotatable bonds is 4. The zero-order valence-corrected chi connectivity index (χ0v) is 5.62. The van der Waals surface area contributed by atoms with Crippen LogP contribution in [-0.2, 0) is 4.74 Å². The third kappa shape index (κ3) is 6.97. The Hall–Kier alpha value is -1.03. The molecule has 0 radical (unpaired) electrons. The van der Waals surface area contributed by atoms with Crippen LogP contribution in [-0.4, -0.2) is 24.4 Å². The van der Waals surface area contributed by atoms with E-state index >= 15 is 0 Å². The molecule has 0 bridgehead atoms. The zero-order valence-electron chi connectivity index (χ0n) is 5.62. The Morgan fingerprint density at radius 3 is 2.80 bits per heavy atom. The first-order valence-corrected chi connectivity index (χ1v) is 2.95. The molecule has 0 atom stereocenters. The smallest absolute Gasteiger partial charge is 0.404 e. The quantitative estimate of drug-likeness (QED) is 0.432. The summed E-state index contributed by atoms with van der Waals surface area (Å²) >= 11 is 0. The summed E-state index contributed by atoms with van der Waals surface area (Å²) in [6.07, 6.45) is 3.11. The second kappa shape index (κ2) is 6.10. The molecule has 58 valence electrons. The summed E-state index contributed by atoms with van der Waals surface area (Å²) in [4.78, 5) is 9.96. The van der Waals surface area contributed by atoms with Gasteiger partial charge in [-0.25, -0.2) is 4.79 Å². The van der Waals surface area contributed by atoms with Crippen molar-refractivity contribution in [1.82, 2.24) is 0 Å². The molecular formula is C6H11NO3. The molecule has 0 saturated heterocycles. The summed E-state index contributed by atoms with van der Waals surface area (Å²) in [5, 5.41) is 8.26. The summed E-state index contributed by atoms with van der Waals surface area (Å²) in [6.45, 7) is 0.280. The normalized spacial score (nSPS) is 10.1. The lowest BCUT2D eigenvalue weighted by Crippen LogP contribution is -2.13. The topological polar surface area (TPSA) is 72.6 Å². The van der Waals surface area contributed by atoms with E-state index in [1.165, 1.54) is 0 Å². The molecule has 0 spiro atoms. The second-order valence-corrected chi connectivity index (χ2v) is 1.61. The fourth-order valence-corrected chi connectivity index (χ4v) is 0.420. The molecule has 0 aromatic rings. The largest absolute Gasteiger partial charge is 0.449 e. The molecule has 0 fully saturated rings. The average Bonchev–Trinajstić information content (AvgIpc) is 1.87. The molecule has 0 heterocycles. The van der Waals surface area contributed by atoms with Crippen molar-refractivity contribution in [2.24, 2.45) is 5.73 Å². The molecule has 0 unspecified atom stereocenters. The highest BCUT2D eigenvalue weighted by Crippen LogP contribution is 1.83. The number of hydrogen-bond acceptors (Lipinski definition) is 3. The fourth-order valence-electron chi connectivity index (χ4n) is 0.420. The number of hydrogen-bond donors (Lipinski definition) is 2. The Labute approximate surface area is 59.3 Å². The summed E-state index contributed by atoms with van der Waals surface area (Å²) in [5.41, 5.74) is 4.67. The fraction of sp³-hybridized carbons (Fsp3) is 0.500. The van der Waals surface area contributed by atoms with E-state index in [1.807, 2.05) is 0 Å². The van der Waals surface area contributed by atoms with Crippen LogP contribution in [0.5, 0.6) is 0 Å². The predicted molar refractivity (Wildman–Crippen MR) is 36.4 cm³/mol. The van der Waals surface area contributed by atoms with Crippen LogP contribution in [0.3, 0.4) is 0 Å². The molecule has 0 aromatic heterocycles.